The molecular formula is C31H36F2N2O9. The number of ether oxygens (including phenoxy) is 1. The van der Waals surface area contributed by atoms with E-state index in [1.807, 2.05) is 0 Å². The predicted octanol–water partition coefficient (Wildman–Crippen LogP) is 2.52. The van der Waals surface area contributed by atoms with Crippen LogP contribution < -0.4 is 5.32 Å². The Hall–Kier alpha value is -3.55. The van der Waals surface area contributed by atoms with Gasteiger partial charge in [0, 0.05) is 41.3 Å². The lowest BCUT2D eigenvalue weighted by atomic mass is 9.44. The van der Waals surface area contributed by atoms with Gasteiger partial charge in [-0.2, -0.15) is 0 Å². The van der Waals surface area contributed by atoms with Crippen LogP contribution in [0.15, 0.2) is 48.1 Å². The van der Waals surface area contributed by atoms with E-state index in [4.69, 9.17) is 4.74 Å². The molecule has 0 spiro atoms. The lowest BCUT2D eigenvalue weighted by Gasteiger charge is -2.63. The molecule has 10 atom stereocenters. The minimum atomic E-state index is -2.44. The number of rotatable bonds is 7. The summed E-state index contributed by atoms with van der Waals surface area (Å²) >= 11 is 0. The van der Waals surface area contributed by atoms with Crippen LogP contribution in [0.5, 0.6) is 0 Å². The van der Waals surface area contributed by atoms with Crippen LogP contribution in [-0.4, -0.2) is 80.7 Å². The number of amides is 1. The van der Waals surface area contributed by atoms with Gasteiger partial charge in [-0.1, -0.05) is 26.0 Å². The highest BCUT2D eigenvalue weighted by atomic mass is 19.1. The summed E-state index contributed by atoms with van der Waals surface area (Å²) in [7, 11) is 0. The molecule has 5 rings (SSSR count). The first-order chi connectivity index (χ1) is 20.6. The molecule has 0 aliphatic heterocycles. The molecule has 11 nitrogen and oxygen atoms in total. The second-order valence-electron chi connectivity index (χ2n) is 13.0. The highest BCUT2D eigenvalue weighted by Gasteiger charge is 2.78. The van der Waals surface area contributed by atoms with Crippen LogP contribution in [0.25, 0.3) is 0 Å². The van der Waals surface area contributed by atoms with Crippen molar-refractivity contribution in [2.45, 2.75) is 69.7 Å². The number of non-ortho nitro benzene ring substituents is 1. The van der Waals surface area contributed by atoms with Gasteiger partial charge in [-0.3, -0.25) is 19.7 Å². The Balaban J connectivity index is 1.62. The quantitative estimate of drug-likeness (QED) is 0.203. The van der Waals surface area contributed by atoms with E-state index in [0.717, 1.165) is 18.2 Å². The Morgan fingerprint density at radius 1 is 1.25 bits per heavy atom. The van der Waals surface area contributed by atoms with E-state index in [1.165, 1.54) is 31.2 Å². The molecule has 1 unspecified atom stereocenters. The number of halogens is 2. The van der Waals surface area contributed by atoms with E-state index < -0.39 is 106 Å². The number of aliphatic hydroxyl groups excluding tert-OH is 3. The van der Waals surface area contributed by atoms with Gasteiger partial charge in [-0.15, -0.1) is 0 Å². The van der Waals surface area contributed by atoms with E-state index in [1.54, 1.807) is 13.8 Å². The molecule has 4 N–H and O–H groups in total. The van der Waals surface area contributed by atoms with Crippen LogP contribution in [-0.2, 0) is 14.3 Å². The number of aliphatic hydroxyl groups is 3. The molecule has 0 aromatic heterocycles. The number of ketones is 1. The third-order valence-electron chi connectivity index (χ3n) is 10.8. The van der Waals surface area contributed by atoms with Crippen molar-refractivity contribution in [3.05, 3.63) is 63.7 Å². The second-order valence-corrected chi connectivity index (χ2v) is 13.0. The zero-order chi connectivity index (χ0) is 32.4. The van der Waals surface area contributed by atoms with Gasteiger partial charge in [0.15, 0.2) is 17.1 Å². The molecule has 13 heteroatoms. The molecule has 1 amide bonds. The van der Waals surface area contributed by atoms with Crippen molar-refractivity contribution in [1.29, 1.82) is 0 Å². The predicted molar refractivity (Wildman–Crippen MR) is 151 cm³/mol. The molecule has 1 aromatic carbocycles. The van der Waals surface area contributed by atoms with Gasteiger partial charge in [-0.25, -0.2) is 13.6 Å². The van der Waals surface area contributed by atoms with Crippen LogP contribution in [0.1, 0.15) is 50.4 Å². The lowest BCUT2D eigenvalue weighted by molar-refractivity contribution is -0.384. The van der Waals surface area contributed by atoms with Gasteiger partial charge in [0.1, 0.15) is 6.17 Å². The number of carbonyl (C=O) groups excluding carboxylic acids is 3. The summed E-state index contributed by atoms with van der Waals surface area (Å²) in [6.07, 6.45) is -2.02. The number of nitro groups is 1. The van der Waals surface area contributed by atoms with E-state index in [-0.39, 0.29) is 24.0 Å². The Kier molecular flexibility index (Phi) is 7.83. The molecule has 4 aliphatic carbocycles. The summed E-state index contributed by atoms with van der Waals surface area (Å²) in [6, 6.07) is 4.72. The number of carbonyl (C=O) groups is 3. The van der Waals surface area contributed by atoms with Crippen LogP contribution in [0.3, 0.4) is 0 Å². The summed E-state index contributed by atoms with van der Waals surface area (Å²) < 4.78 is 39.5. The fourth-order valence-electron chi connectivity index (χ4n) is 8.63. The van der Waals surface area contributed by atoms with E-state index in [9.17, 15) is 39.8 Å². The zero-order valence-corrected chi connectivity index (χ0v) is 24.5. The summed E-state index contributed by atoms with van der Waals surface area (Å²) in [5.74, 6) is -5.23. The van der Waals surface area contributed by atoms with Crippen molar-refractivity contribution in [2.24, 2.45) is 28.6 Å². The maximum absolute atomic E-state index is 17.6. The van der Waals surface area contributed by atoms with Crippen molar-refractivity contribution >= 4 is 23.3 Å². The largest absolute Gasteiger partial charge is 0.444 e. The molecule has 44 heavy (non-hydrogen) atoms. The topological polar surface area (TPSA) is 176 Å². The van der Waals surface area contributed by atoms with Crippen LogP contribution in [0, 0.1) is 38.7 Å². The van der Waals surface area contributed by atoms with Crippen LogP contribution >= 0.6 is 0 Å². The molecule has 0 radical (unpaired) electrons. The van der Waals surface area contributed by atoms with Crippen LogP contribution in [0.4, 0.5) is 14.5 Å². The van der Waals surface area contributed by atoms with Crippen molar-refractivity contribution in [3.63, 3.8) is 0 Å². The number of allylic oxidation sites excluding steroid dienone is 4. The van der Waals surface area contributed by atoms with Crippen molar-refractivity contribution in [1.82, 2.24) is 5.32 Å². The summed E-state index contributed by atoms with van der Waals surface area (Å²) in [5.41, 5.74) is -8.36. The Bertz CT molecular complexity index is 1470. The SMILES string of the molecule is C[C@@H]1C[C@H]2[C@@H]3C[C@H](F)C4=CC(=O)C=C[C@]4(C)[C@@]3(F)[C@@H](O)C[C@]2(C)[C@@]1(OC(=O)c1cccc([N+](=O)[O-])c1)C(=O)NCC(O)CO. The third kappa shape index (κ3) is 4.34. The van der Waals surface area contributed by atoms with Crippen LogP contribution in [0.2, 0.25) is 0 Å². The Labute approximate surface area is 252 Å². The van der Waals surface area contributed by atoms with E-state index >= 15 is 8.78 Å². The van der Waals surface area contributed by atoms with Gasteiger partial charge >= 0.3 is 5.97 Å². The number of nitrogens with zero attached hydrogens (tertiary/aromatic N) is 1. The van der Waals surface area contributed by atoms with Gasteiger partial charge in [0.2, 0.25) is 0 Å². The number of alkyl halides is 2. The monoisotopic (exact) mass is 618 g/mol. The summed E-state index contributed by atoms with van der Waals surface area (Å²) in [5, 5.41) is 44.8. The first kappa shape index (κ1) is 31.9. The fourth-order valence-corrected chi connectivity index (χ4v) is 8.63. The summed E-state index contributed by atoms with van der Waals surface area (Å²) in [6.45, 7) is 3.54. The molecule has 0 heterocycles. The first-order valence-electron chi connectivity index (χ1n) is 14.6. The maximum atomic E-state index is 17.6. The normalized spacial score (nSPS) is 39.8. The molecule has 3 saturated carbocycles. The molecule has 1 aromatic rings. The van der Waals surface area contributed by atoms with Crippen molar-refractivity contribution < 1.29 is 48.1 Å². The molecule has 238 valence electrons. The van der Waals surface area contributed by atoms with Crippen molar-refractivity contribution in [2.75, 3.05) is 13.2 Å². The fraction of sp³-hybridized carbons (Fsp3) is 0.581. The number of fused-ring (bicyclic) bond motifs is 5. The minimum absolute atomic E-state index is 0.0588. The minimum Gasteiger partial charge on any atom is -0.444 e. The third-order valence-corrected chi connectivity index (χ3v) is 10.8. The molecule has 0 saturated heterocycles. The zero-order valence-electron chi connectivity index (χ0n) is 24.5. The lowest BCUT2D eigenvalue weighted by Crippen LogP contribution is -2.71. The number of hydrogen-bond donors (Lipinski definition) is 4. The van der Waals surface area contributed by atoms with Gasteiger partial charge in [0.25, 0.3) is 11.6 Å². The van der Waals surface area contributed by atoms with E-state index in [0.29, 0.717) is 0 Å². The second kappa shape index (κ2) is 10.8. The number of hydrogen-bond acceptors (Lipinski definition) is 9. The van der Waals surface area contributed by atoms with Gasteiger partial charge in [-0.05, 0) is 55.9 Å². The summed E-state index contributed by atoms with van der Waals surface area (Å²) in [4.78, 5) is 50.5. The number of benzene rings is 1. The number of nitro benzene ring substituents is 1. The first-order valence-corrected chi connectivity index (χ1v) is 14.6. The molecule has 0 bridgehead atoms. The number of nitrogens with one attached hydrogen (secondary N) is 1. The maximum Gasteiger partial charge on any atom is 0.339 e. The highest BCUT2D eigenvalue weighted by Crippen LogP contribution is 2.71. The Morgan fingerprint density at radius 3 is 2.61 bits per heavy atom. The van der Waals surface area contributed by atoms with Gasteiger partial charge < -0.3 is 25.4 Å². The molecule has 4 aliphatic rings. The van der Waals surface area contributed by atoms with Gasteiger partial charge in [0.05, 0.1) is 29.3 Å². The van der Waals surface area contributed by atoms with Crippen molar-refractivity contribution in [3.8, 4) is 0 Å². The number of esters is 1. The smallest absolute Gasteiger partial charge is 0.339 e. The average Bonchev–Trinajstić information content (AvgIpc) is 3.20. The highest BCUT2D eigenvalue weighted by molar-refractivity contribution is 6.01. The standard InChI is InChI=1S/C31H36F2N2O9/c1-16-9-21-22-12-24(32)23-11-19(37)7-8-28(23,2)30(22,33)25(39)13-29(21,3)31(16,27(41)34-14-20(38)15-36)44-26(40)17-5-4-6-18(10-17)35(42)43/h4-8,10-11,16,20-22,24-25,36,38-39H,9,12-15H2,1-3H3,(H,34,41)/t16-,20?,21+,22+,24+,25+,28+,29+,30+,31+/m1/s1. The van der Waals surface area contributed by atoms with E-state index in [2.05, 4.69) is 5.32 Å². The molecular weight excluding hydrogens is 582 g/mol. The average molecular weight is 619 g/mol. The Morgan fingerprint density at radius 2 is 1.95 bits per heavy atom. The molecule has 3 fully saturated rings.